The molecule has 1 atom stereocenters. The van der Waals surface area contributed by atoms with Crippen molar-refractivity contribution in [1.82, 2.24) is 5.32 Å². The highest BCUT2D eigenvalue weighted by molar-refractivity contribution is 5.84. The second-order valence-corrected chi connectivity index (χ2v) is 6.14. The Kier molecular flexibility index (Phi) is 4.12. The van der Waals surface area contributed by atoms with Gasteiger partial charge in [-0.05, 0) is 44.2 Å². The van der Waals surface area contributed by atoms with Gasteiger partial charge in [0.1, 0.15) is 0 Å². The molecule has 0 radical (unpaired) electrons. The van der Waals surface area contributed by atoms with Gasteiger partial charge in [0.15, 0.2) is 0 Å². The van der Waals surface area contributed by atoms with Gasteiger partial charge < -0.3 is 10.4 Å². The molecule has 0 aliphatic heterocycles. The number of fused-ring (bicyclic) bond motifs is 1. The number of benzene rings is 1. The third kappa shape index (κ3) is 3.38. The fourth-order valence-corrected chi connectivity index (χ4v) is 2.58. The van der Waals surface area contributed by atoms with Crippen LogP contribution in [-0.2, 0) is 22.4 Å². The van der Waals surface area contributed by atoms with E-state index in [9.17, 15) is 9.59 Å². The van der Waals surface area contributed by atoms with Crippen LogP contribution in [0.4, 0.5) is 0 Å². The molecule has 0 fully saturated rings. The van der Waals surface area contributed by atoms with Crippen molar-refractivity contribution in [2.45, 2.75) is 45.6 Å². The van der Waals surface area contributed by atoms with Gasteiger partial charge in [-0.25, -0.2) is 0 Å². The lowest BCUT2D eigenvalue weighted by molar-refractivity contribution is -0.149. The highest BCUT2D eigenvalue weighted by Gasteiger charge is 2.31. The van der Waals surface area contributed by atoms with Crippen LogP contribution in [0.1, 0.15) is 37.8 Å². The second-order valence-electron chi connectivity index (χ2n) is 6.14. The number of hydrogen-bond donors (Lipinski definition) is 2. The standard InChI is InChI=1S/C16H21NO3/c1-16(2,15(19)20)10-14(18)17-13-8-7-11-5-3-4-6-12(11)9-13/h3-6,13H,7-10H2,1-2H3,(H,17,18)(H,19,20). The molecule has 1 aromatic rings. The number of hydrogen-bond acceptors (Lipinski definition) is 2. The summed E-state index contributed by atoms with van der Waals surface area (Å²) in [5.41, 5.74) is 1.61. The number of amides is 1. The zero-order valence-electron chi connectivity index (χ0n) is 12.0. The maximum atomic E-state index is 12.0. The average Bonchev–Trinajstić information content (AvgIpc) is 2.37. The van der Waals surface area contributed by atoms with Crippen LogP contribution in [0.2, 0.25) is 0 Å². The second kappa shape index (κ2) is 5.65. The molecule has 4 nitrogen and oxygen atoms in total. The fraction of sp³-hybridized carbons (Fsp3) is 0.500. The number of rotatable bonds is 4. The lowest BCUT2D eigenvalue weighted by Crippen LogP contribution is -2.41. The van der Waals surface area contributed by atoms with Gasteiger partial charge in [-0.3, -0.25) is 9.59 Å². The summed E-state index contributed by atoms with van der Waals surface area (Å²) in [5.74, 6) is -1.12. The van der Waals surface area contributed by atoms with E-state index in [4.69, 9.17) is 5.11 Å². The van der Waals surface area contributed by atoms with E-state index < -0.39 is 11.4 Å². The Labute approximate surface area is 119 Å². The molecule has 1 unspecified atom stereocenters. The van der Waals surface area contributed by atoms with Gasteiger partial charge in [-0.2, -0.15) is 0 Å². The minimum atomic E-state index is -1.02. The van der Waals surface area contributed by atoms with Crippen LogP contribution in [0.15, 0.2) is 24.3 Å². The number of aryl methyl sites for hydroxylation is 1. The van der Waals surface area contributed by atoms with Crippen molar-refractivity contribution >= 4 is 11.9 Å². The zero-order valence-corrected chi connectivity index (χ0v) is 12.0. The summed E-state index contributed by atoms with van der Waals surface area (Å²) in [6.07, 6.45) is 2.72. The molecule has 0 spiro atoms. The summed E-state index contributed by atoms with van der Waals surface area (Å²) in [6, 6.07) is 8.38. The van der Waals surface area contributed by atoms with E-state index in [0.717, 1.165) is 19.3 Å². The number of carbonyl (C=O) groups is 2. The first-order valence-electron chi connectivity index (χ1n) is 6.98. The molecule has 1 aromatic carbocycles. The van der Waals surface area contributed by atoms with Gasteiger partial charge in [-0.1, -0.05) is 24.3 Å². The third-order valence-corrected chi connectivity index (χ3v) is 3.89. The molecule has 1 aliphatic rings. The lowest BCUT2D eigenvalue weighted by Gasteiger charge is -2.27. The van der Waals surface area contributed by atoms with E-state index in [1.54, 1.807) is 13.8 Å². The first-order valence-corrected chi connectivity index (χ1v) is 6.98. The van der Waals surface area contributed by atoms with Crippen molar-refractivity contribution in [2.24, 2.45) is 5.41 Å². The molecular weight excluding hydrogens is 254 g/mol. The zero-order chi connectivity index (χ0) is 14.8. The molecule has 0 heterocycles. The largest absolute Gasteiger partial charge is 0.481 e. The Morgan fingerprint density at radius 1 is 1.30 bits per heavy atom. The Bertz CT molecular complexity index is 522. The van der Waals surface area contributed by atoms with Crippen molar-refractivity contribution < 1.29 is 14.7 Å². The number of aliphatic carboxylic acids is 1. The van der Waals surface area contributed by atoms with Gasteiger partial charge in [0.25, 0.3) is 0 Å². The van der Waals surface area contributed by atoms with Crippen molar-refractivity contribution in [3.63, 3.8) is 0 Å². The van der Waals surface area contributed by atoms with Crippen molar-refractivity contribution in [3.05, 3.63) is 35.4 Å². The molecule has 0 saturated carbocycles. The van der Waals surface area contributed by atoms with E-state index in [2.05, 4.69) is 17.4 Å². The summed E-state index contributed by atoms with van der Waals surface area (Å²) < 4.78 is 0. The van der Waals surface area contributed by atoms with E-state index in [0.29, 0.717) is 0 Å². The maximum Gasteiger partial charge on any atom is 0.309 e. The maximum absolute atomic E-state index is 12.0. The summed E-state index contributed by atoms with van der Waals surface area (Å²) in [4.78, 5) is 23.0. The molecule has 2 rings (SSSR count). The average molecular weight is 275 g/mol. The molecule has 0 saturated heterocycles. The Morgan fingerprint density at radius 2 is 1.95 bits per heavy atom. The first kappa shape index (κ1) is 14.6. The molecule has 1 amide bonds. The summed E-state index contributed by atoms with van der Waals surface area (Å²) in [5, 5.41) is 12.0. The fourth-order valence-electron chi connectivity index (χ4n) is 2.58. The van der Waals surface area contributed by atoms with Gasteiger partial charge >= 0.3 is 5.97 Å². The van der Waals surface area contributed by atoms with Crippen LogP contribution in [0.3, 0.4) is 0 Å². The van der Waals surface area contributed by atoms with Gasteiger partial charge in [0, 0.05) is 12.5 Å². The Balaban J connectivity index is 1.92. The van der Waals surface area contributed by atoms with Crippen LogP contribution >= 0.6 is 0 Å². The van der Waals surface area contributed by atoms with E-state index in [1.807, 2.05) is 12.1 Å². The van der Waals surface area contributed by atoms with Crippen molar-refractivity contribution in [2.75, 3.05) is 0 Å². The number of carboxylic acid groups (broad SMARTS) is 1. The van der Waals surface area contributed by atoms with Gasteiger partial charge in [-0.15, -0.1) is 0 Å². The van der Waals surface area contributed by atoms with Gasteiger partial charge in [0.2, 0.25) is 5.91 Å². The predicted molar refractivity (Wildman–Crippen MR) is 76.4 cm³/mol. The van der Waals surface area contributed by atoms with Crippen LogP contribution < -0.4 is 5.32 Å². The van der Waals surface area contributed by atoms with Crippen LogP contribution in [-0.4, -0.2) is 23.0 Å². The molecule has 4 heteroatoms. The minimum absolute atomic E-state index is 0.0144. The van der Waals surface area contributed by atoms with E-state index in [-0.39, 0.29) is 18.4 Å². The number of nitrogens with one attached hydrogen (secondary N) is 1. The van der Waals surface area contributed by atoms with E-state index >= 15 is 0 Å². The molecular formula is C16H21NO3. The molecule has 0 aromatic heterocycles. The van der Waals surface area contributed by atoms with Crippen LogP contribution in [0, 0.1) is 5.41 Å². The summed E-state index contributed by atoms with van der Waals surface area (Å²) in [7, 11) is 0. The van der Waals surface area contributed by atoms with Crippen LogP contribution in [0.25, 0.3) is 0 Å². The Hall–Kier alpha value is -1.84. The molecule has 20 heavy (non-hydrogen) atoms. The van der Waals surface area contributed by atoms with Crippen LogP contribution in [0.5, 0.6) is 0 Å². The first-order chi connectivity index (χ1) is 9.38. The highest BCUT2D eigenvalue weighted by Crippen LogP contribution is 2.23. The number of carbonyl (C=O) groups excluding carboxylic acids is 1. The quantitative estimate of drug-likeness (QED) is 0.885. The van der Waals surface area contributed by atoms with Gasteiger partial charge in [0.05, 0.1) is 5.41 Å². The highest BCUT2D eigenvalue weighted by atomic mass is 16.4. The van der Waals surface area contributed by atoms with E-state index in [1.165, 1.54) is 11.1 Å². The summed E-state index contributed by atoms with van der Waals surface area (Å²) in [6.45, 7) is 3.15. The predicted octanol–water partition coefficient (Wildman–Crippen LogP) is 2.16. The normalized spacial score (nSPS) is 18.2. The minimum Gasteiger partial charge on any atom is -0.481 e. The smallest absolute Gasteiger partial charge is 0.309 e. The molecule has 0 bridgehead atoms. The molecule has 108 valence electrons. The monoisotopic (exact) mass is 275 g/mol. The molecule has 2 N–H and O–H groups in total. The Morgan fingerprint density at radius 3 is 2.60 bits per heavy atom. The lowest BCUT2D eigenvalue weighted by atomic mass is 9.87. The van der Waals surface area contributed by atoms with Crippen molar-refractivity contribution in [1.29, 1.82) is 0 Å². The summed E-state index contributed by atoms with van der Waals surface area (Å²) >= 11 is 0. The molecule has 1 aliphatic carbocycles. The van der Waals surface area contributed by atoms with Crippen molar-refractivity contribution in [3.8, 4) is 0 Å². The third-order valence-electron chi connectivity index (χ3n) is 3.89. The topological polar surface area (TPSA) is 66.4 Å². The SMILES string of the molecule is CC(C)(CC(=O)NC1CCc2ccccc2C1)C(=O)O. The number of carboxylic acids is 1.